The first kappa shape index (κ1) is 6.07. The molecule has 0 rings (SSSR count). The molecule has 0 saturated carbocycles. The van der Waals surface area contributed by atoms with E-state index in [2.05, 4.69) is 11.3 Å². The van der Waals surface area contributed by atoms with E-state index in [1.54, 1.807) is 0 Å². The summed E-state index contributed by atoms with van der Waals surface area (Å²) in [5.41, 5.74) is 4.41. The molecule has 0 saturated heterocycles. The molecule has 0 aromatic heterocycles. The topological polar surface area (TPSA) is 101 Å². The summed E-state index contributed by atoms with van der Waals surface area (Å²) in [6.45, 7) is 0. The lowest BCUT2D eigenvalue weighted by molar-refractivity contribution is 0.466. The van der Waals surface area contributed by atoms with Crippen molar-refractivity contribution in [3.63, 3.8) is 0 Å². The molecular formula is H6N3O2P. The van der Waals surface area contributed by atoms with E-state index in [1.165, 1.54) is 5.20 Å². The van der Waals surface area contributed by atoms with Gasteiger partial charge in [-0.25, -0.2) is 5.50 Å². The van der Waals surface area contributed by atoms with Crippen LogP contribution in [0.1, 0.15) is 0 Å². The lowest BCUT2D eigenvalue weighted by Crippen LogP contribution is -2.22. The second-order valence-electron chi connectivity index (χ2n) is 0.752. The quantitative estimate of drug-likeness (QED) is 0.187. The number of hydrogen-bond donors (Lipinski definition) is 4. The average Bonchev–Trinajstić information content (AvgIpc) is 1.35. The molecule has 0 amide bonds. The summed E-state index contributed by atoms with van der Waals surface area (Å²) in [5.74, 6) is 4.42. The zero-order valence-electron chi connectivity index (χ0n) is 2.96. The summed E-state index contributed by atoms with van der Waals surface area (Å²) in [5, 5.41) is 1.49. The summed E-state index contributed by atoms with van der Waals surface area (Å²) in [7, 11) is -3.62. The van der Waals surface area contributed by atoms with Gasteiger partial charge in [0, 0.05) is 0 Å². The third-order valence-corrected chi connectivity index (χ3v) is 0.555. The maximum atomic E-state index is 9.68. The maximum absolute atomic E-state index is 9.68. The van der Waals surface area contributed by atoms with E-state index in [9.17, 15) is 4.57 Å². The van der Waals surface area contributed by atoms with Crippen LogP contribution in [0.2, 0.25) is 0 Å². The van der Waals surface area contributed by atoms with Crippen molar-refractivity contribution >= 4 is 7.67 Å². The minimum Gasteiger partial charge on any atom is -0.321 e. The van der Waals surface area contributed by atoms with Crippen molar-refractivity contribution in [1.82, 2.24) is 5.20 Å². The summed E-state index contributed by atoms with van der Waals surface area (Å²) < 4.78 is 9.68. The summed E-state index contributed by atoms with van der Waals surface area (Å²) >= 11 is 0. The van der Waals surface area contributed by atoms with Gasteiger partial charge in [-0.05, 0) is 0 Å². The van der Waals surface area contributed by atoms with Gasteiger partial charge in [0.05, 0.1) is 0 Å². The molecule has 0 aliphatic heterocycles. The molecule has 5 nitrogen and oxygen atoms in total. The van der Waals surface area contributed by atoms with Crippen molar-refractivity contribution in [2.45, 2.75) is 0 Å². The molecule has 0 spiro atoms. The lowest BCUT2D eigenvalue weighted by atomic mass is 13.0. The lowest BCUT2D eigenvalue weighted by Gasteiger charge is -1.96. The molecule has 0 bridgehead atoms. The second-order valence-corrected chi connectivity index (χ2v) is 2.26. The maximum Gasteiger partial charge on any atom is 0.348 e. The molecule has 6 heavy (non-hydrogen) atoms. The van der Waals surface area contributed by atoms with E-state index in [0.29, 0.717) is 0 Å². The van der Waals surface area contributed by atoms with Gasteiger partial charge in [-0.15, -0.1) is 0 Å². The first-order chi connectivity index (χ1) is 2.56. The first-order valence-electron chi connectivity index (χ1n) is 1.15. The van der Waals surface area contributed by atoms with Gasteiger partial charge in [-0.3, -0.25) is 10.4 Å². The Morgan fingerprint density at radius 2 is 2.00 bits per heavy atom. The highest BCUT2D eigenvalue weighted by molar-refractivity contribution is 7.53. The fourth-order valence-corrected chi connectivity index (χ4v) is 0. The highest BCUT2D eigenvalue weighted by atomic mass is 31.2. The van der Waals surface area contributed by atoms with Crippen LogP contribution >= 0.6 is 7.67 Å². The zero-order valence-corrected chi connectivity index (χ0v) is 3.85. The fourth-order valence-electron chi connectivity index (χ4n) is 0. The highest BCUT2D eigenvalue weighted by Gasteiger charge is 2.01. The number of hydrogen-bond acceptors (Lipinski definition) is 2. The van der Waals surface area contributed by atoms with Crippen molar-refractivity contribution in [2.75, 3.05) is 0 Å². The van der Waals surface area contributed by atoms with Crippen molar-refractivity contribution in [3.05, 3.63) is 0 Å². The van der Waals surface area contributed by atoms with E-state index >= 15 is 0 Å². The molecule has 0 aromatic carbocycles. The van der Waals surface area contributed by atoms with Gasteiger partial charge in [0.15, 0.2) is 0 Å². The molecule has 0 heterocycles. The van der Waals surface area contributed by atoms with Crippen LogP contribution in [0.4, 0.5) is 0 Å². The number of nitrogens with one attached hydrogen (secondary N) is 1. The van der Waals surface area contributed by atoms with Crippen molar-refractivity contribution < 1.29 is 9.46 Å². The summed E-state index contributed by atoms with van der Waals surface area (Å²) in [4.78, 5) is 7.92. The van der Waals surface area contributed by atoms with Gasteiger partial charge in [0.25, 0.3) is 0 Å². The molecule has 0 aromatic rings. The summed E-state index contributed by atoms with van der Waals surface area (Å²) in [6.07, 6.45) is 0. The van der Waals surface area contributed by atoms with E-state index in [0.717, 1.165) is 0 Å². The molecule has 0 fully saturated rings. The van der Waals surface area contributed by atoms with Crippen LogP contribution in [-0.4, -0.2) is 4.89 Å². The Kier molecular flexibility index (Phi) is 1.70. The first-order valence-corrected chi connectivity index (χ1v) is 2.88. The average molecular weight is 111 g/mol. The van der Waals surface area contributed by atoms with Crippen molar-refractivity contribution in [3.8, 4) is 0 Å². The van der Waals surface area contributed by atoms with Crippen LogP contribution in [0.5, 0.6) is 0 Å². The minimum atomic E-state index is -3.62. The summed E-state index contributed by atoms with van der Waals surface area (Å²) in [6, 6.07) is 0. The van der Waals surface area contributed by atoms with E-state index < -0.39 is 7.67 Å². The Hall–Kier alpha value is 0.0700. The molecule has 1 atom stereocenters. The van der Waals surface area contributed by atoms with Crippen molar-refractivity contribution in [2.24, 2.45) is 11.3 Å². The van der Waals surface area contributed by atoms with Crippen LogP contribution < -0.4 is 16.5 Å². The molecule has 0 aliphatic rings. The van der Waals surface area contributed by atoms with Crippen molar-refractivity contribution in [1.29, 1.82) is 0 Å². The minimum absolute atomic E-state index is 1.49. The van der Waals surface area contributed by atoms with Gasteiger partial charge in [0.2, 0.25) is 0 Å². The molecule has 0 radical (unpaired) electrons. The Labute approximate surface area is 34.9 Å². The smallest absolute Gasteiger partial charge is 0.321 e. The van der Waals surface area contributed by atoms with Crippen LogP contribution in [0.25, 0.3) is 0 Å². The third-order valence-electron chi connectivity index (χ3n) is 0.185. The Bertz CT molecular complexity index is 72.9. The highest BCUT2D eigenvalue weighted by Crippen LogP contribution is 2.18. The Morgan fingerprint density at radius 3 is 2.00 bits per heavy atom. The predicted octanol–water partition coefficient (Wildman–Crippen LogP) is -1.49. The second kappa shape index (κ2) is 1.68. The normalized spacial score (nSPS) is 19.8. The fraction of sp³-hybridized carbons (Fsp3) is 0. The van der Waals surface area contributed by atoms with Gasteiger partial charge in [-0.2, -0.15) is 5.20 Å². The molecular weight excluding hydrogens is 105 g/mol. The molecule has 38 valence electrons. The van der Waals surface area contributed by atoms with Crippen LogP contribution in [0.15, 0.2) is 0 Å². The van der Waals surface area contributed by atoms with Crippen LogP contribution in [-0.2, 0) is 4.57 Å². The van der Waals surface area contributed by atoms with E-state index in [-0.39, 0.29) is 0 Å². The number of hydrazine groups is 1. The number of nitrogens with two attached hydrogens (primary N) is 2. The number of rotatable bonds is 1. The van der Waals surface area contributed by atoms with E-state index in [4.69, 9.17) is 4.89 Å². The largest absolute Gasteiger partial charge is 0.348 e. The van der Waals surface area contributed by atoms with Gasteiger partial charge in [0.1, 0.15) is 0 Å². The molecule has 6 N–H and O–H groups in total. The molecule has 1 unspecified atom stereocenters. The van der Waals surface area contributed by atoms with Gasteiger partial charge in [-0.1, -0.05) is 0 Å². The van der Waals surface area contributed by atoms with E-state index in [1.807, 2.05) is 0 Å². The van der Waals surface area contributed by atoms with Crippen LogP contribution in [0.3, 0.4) is 0 Å². The SMILES string of the molecule is NNP(N)(=O)O. The monoisotopic (exact) mass is 111 g/mol. The van der Waals surface area contributed by atoms with Gasteiger partial charge >= 0.3 is 7.67 Å². The Balaban J connectivity index is 3.48. The van der Waals surface area contributed by atoms with Gasteiger partial charge < -0.3 is 4.89 Å². The molecule has 0 aliphatic carbocycles. The van der Waals surface area contributed by atoms with Crippen LogP contribution in [0, 0.1) is 0 Å². The zero-order chi connectivity index (χ0) is 5.21. The third kappa shape index (κ3) is 4.07. The standard InChI is InChI=1S/H6N3O2P/c1-3-6(2,4)5/h1H2,(H4,2,3,4,5). The Morgan fingerprint density at radius 1 is 1.83 bits per heavy atom. The predicted molar refractivity (Wildman–Crippen MR) is 21.3 cm³/mol. The molecule has 6 heteroatoms.